The Balaban J connectivity index is 0.00000361. The molecule has 9 heteroatoms. The molecule has 1 aromatic rings. The van der Waals surface area contributed by atoms with Crippen molar-refractivity contribution in [2.75, 3.05) is 105 Å². The first-order chi connectivity index (χ1) is 17.9. The van der Waals surface area contributed by atoms with Crippen molar-refractivity contribution in [1.29, 1.82) is 0 Å². The molecule has 0 spiro atoms. The summed E-state index contributed by atoms with van der Waals surface area (Å²) in [6.07, 6.45) is 4.80. The SMILES string of the molecule is C.Cl.c1cc(CN2CCCNCCNCCCNCC2)ccc1CN1CCCNCCNCCCNCC1. The highest BCUT2D eigenvalue weighted by atomic mass is 35.5. The lowest BCUT2D eigenvalue weighted by atomic mass is 10.1. The van der Waals surface area contributed by atoms with Crippen LogP contribution in [0.5, 0.6) is 0 Å². The van der Waals surface area contributed by atoms with Gasteiger partial charge < -0.3 is 31.9 Å². The highest BCUT2D eigenvalue weighted by molar-refractivity contribution is 5.85. The quantitative estimate of drug-likeness (QED) is 0.334. The molecule has 6 N–H and O–H groups in total. The van der Waals surface area contributed by atoms with Crippen LogP contribution < -0.4 is 31.9 Å². The van der Waals surface area contributed by atoms with Crippen LogP contribution in [0, 0.1) is 0 Å². The van der Waals surface area contributed by atoms with E-state index in [1.165, 1.54) is 36.8 Å². The van der Waals surface area contributed by atoms with Crippen molar-refractivity contribution in [1.82, 2.24) is 41.7 Å². The maximum absolute atomic E-state index is 3.63. The Morgan fingerprint density at radius 2 is 0.737 bits per heavy atom. The first-order valence-corrected chi connectivity index (χ1v) is 14.7. The van der Waals surface area contributed by atoms with Crippen LogP contribution >= 0.6 is 12.4 Å². The molecular weight excluding hydrogens is 496 g/mol. The summed E-state index contributed by atoms with van der Waals surface area (Å²) in [5, 5.41) is 21.4. The number of hydrogen-bond donors (Lipinski definition) is 6. The second kappa shape index (κ2) is 24.0. The van der Waals surface area contributed by atoms with E-state index in [-0.39, 0.29) is 19.8 Å². The molecule has 0 unspecified atom stereocenters. The van der Waals surface area contributed by atoms with E-state index in [4.69, 9.17) is 0 Å². The van der Waals surface area contributed by atoms with Crippen molar-refractivity contribution in [3.05, 3.63) is 35.4 Å². The van der Waals surface area contributed by atoms with E-state index in [1.54, 1.807) is 0 Å². The van der Waals surface area contributed by atoms with E-state index in [0.717, 1.165) is 118 Å². The Morgan fingerprint density at radius 1 is 0.421 bits per heavy atom. The lowest BCUT2D eigenvalue weighted by molar-refractivity contribution is 0.258. The summed E-state index contributed by atoms with van der Waals surface area (Å²) >= 11 is 0. The van der Waals surface area contributed by atoms with Gasteiger partial charge in [0.2, 0.25) is 0 Å². The Morgan fingerprint density at radius 3 is 1.11 bits per heavy atom. The maximum Gasteiger partial charge on any atom is 0.0234 e. The smallest absolute Gasteiger partial charge is 0.0234 e. The maximum atomic E-state index is 3.63. The molecule has 0 aliphatic carbocycles. The minimum Gasteiger partial charge on any atom is -0.315 e. The molecule has 0 bridgehead atoms. The fourth-order valence-electron chi connectivity index (χ4n) is 4.92. The predicted octanol–water partition coefficient (Wildman–Crippen LogP) is 1.47. The van der Waals surface area contributed by atoms with Crippen LogP contribution in [0.1, 0.15) is 44.2 Å². The zero-order valence-corrected chi connectivity index (χ0v) is 24.0. The van der Waals surface area contributed by atoms with Crippen molar-refractivity contribution in [2.45, 2.75) is 46.2 Å². The van der Waals surface area contributed by atoms with Crippen molar-refractivity contribution in [3.8, 4) is 0 Å². The molecule has 1 aromatic carbocycles. The van der Waals surface area contributed by atoms with Crippen molar-refractivity contribution >= 4 is 12.4 Å². The van der Waals surface area contributed by atoms with Gasteiger partial charge >= 0.3 is 0 Å². The monoisotopic (exact) mass is 554 g/mol. The van der Waals surface area contributed by atoms with Crippen LogP contribution in [0.4, 0.5) is 0 Å². The number of rotatable bonds is 4. The van der Waals surface area contributed by atoms with Gasteiger partial charge in [0.1, 0.15) is 0 Å². The second-order valence-electron chi connectivity index (χ2n) is 10.3. The van der Waals surface area contributed by atoms with Crippen LogP contribution in [-0.4, -0.2) is 115 Å². The first kappa shape index (κ1) is 35.2. The fourth-order valence-corrected chi connectivity index (χ4v) is 4.92. The van der Waals surface area contributed by atoms with E-state index >= 15 is 0 Å². The van der Waals surface area contributed by atoms with E-state index in [1.807, 2.05) is 0 Å². The lowest BCUT2D eigenvalue weighted by Crippen LogP contribution is -2.36. The molecule has 0 saturated carbocycles. The lowest BCUT2D eigenvalue weighted by Gasteiger charge is -2.24. The average molecular weight is 555 g/mol. The predicted molar refractivity (Wildman–Crippen MR) is 167 cm³/mol. The molecule has 2 heterocycles. The van der Waals surface area contributed by atoms with Gasteiger partial charge in [-0.1, -0.05) is 31.7 Å². The molecule has 222 valence electrons. The molecule has 38 heavy (non-hydrogen) atoms. The van der Waals surface area contributed by atoms with Crippen molar-refractivity contribution in [3.63, 3.8) is 0 Å². The minimum atomic E-state index is 0. The Kier molecular flexibility index (Phi) is 22.3. The molecule has 0 aromatic heterocycles. The number of nitrogens with zero attached hydrogens (tertiary/aromatic N) is 2. The van der Waals surface area contributed by atoms with Crippen LogP contribution in [0.15, 0.2) is 24.3 Å². The number of hydrogen-bond acceptors (Lipinski definition) is 8. The molecule has 0 radical (unpaired) electrons. The average Bonchev–Trinajstić information content (AvgIpc) is 2.89. The molecule has 0 amide bonds. The Hall–Kier alpha value is -0.810. The molecular formula is C29H59ClN8. The zero-order chi connectivity index (χ0) is 24.9. The molecule has 8 nitrogen and oxygen atoms in total. The summed E-state index contributed by atoms with van der Waals surface area (Å²) in [7, 11) is 0. The van der Waals surface area contributed by atoms with Gasteiger partial charge in [-0.25, -0.2) is 0 Å². The molecule has 0 atom stereocenters. The zero-order valence-electron chi connectivity index (χ0n) is 23.2. The Bertz CT molecular complexity index is 565. The minimum absolute atomic E-state index is 0. The van der Waals surface area contributed by atoms with Crippen LogP contribution in [0.3, 0.4) is 0 Å². The van der Waals surface area contributed by atoms with Crippen molar-refractivity contribution < 1.29 is 0 Å². The van der Waals surface area contributed by atoms with E-state index in [9.17, 15) is 0 Å². The van der Waals surface area contributed by atoms with Crippen LogP contribution in [0.25, 0.3) is 0 Å². The van der Waals surface area contributed by atoms with E-state index < -0.39 is 0 Å². The van der Waals surface area contributed by atoms with Gasteiger partial charge in [0.25, 0.3) is 0 Å². The highest BCUT2D eigenvalue weighted by Gasteiger charge is 2.09. The summed E-state index contributed by atoms with van der Waals surface area (Å²) in [5.74, 6) is 0. The summed E-state index contributed by atoms with van der Waals surface area (Å²) in [5.41, 5.74) is 2.86. The fraction of sp³-hybridized carbons (Fsp3) is 0.793. The summed E-state index contributed by atoms with van der Waals surface area (Å²) in [6.45, 7) is 19.6. The molecule has 2 fully saturated rings. The largest absolute Gasteiger partial charge is 0.315 e. The standard InChI is InChI=1S/C28H54N8.CH4.ClH/c1-9-29-15-17-31-13-3-21-35(23-19-33-11-1)25-27-5-7-28(8-6-27)26-36-22-4-14-32-18-16-30-10-2-12-34-20-24-36;;/h5-8,29-34H,1-4,9-26H2;1H4;1H. The normalized spacial score (nSPS) is 21.7. The van der Waals surface area contributed by atoms with Gasteiger partial charge in [-0.2, -0.15) is 0 Å². The summed E-state index contributed by atoms with van der Waals surface area (Å²) in [6, 6.07) is 9.42. The van der Waals surface area contributed by atoms with Gasteiger partial charge in [-0.3, -0.25) is 9.80 Å². The van der Waals surface area contributed by atoms with Gasteiger partial charge in [0.05, 0.1) is 0 Å². The first-order valence-electron chi connectivity index (χ1n) is 14.7. The van der Waals surface area contributed by atoms with Crippen molar-refractivity contribution in [2.24, 2.45) is 0 Å². The molecule has 3 rings (SSSR count). The third-order valence-corrected chi connectivity index (χ3v) is 7.07. The Labute approximate surface area is 240 Å². The van der Waals surface area contributed by atoms with E-state index in [2.05, 4.69) is 66.0 Å². The molecule has 2 aliphatic heterocycles. The topological polar surface area (TPSA) is 78.7 Å². The van der Waals surface area contributed by atoms with Crippen LogP contribution in [0.2, 0.25) is 0 Å². The van der Waals surface area contributed by atoms with Gasteiger partial charge in [-0.15, -0.1) is 12.4 Å². The third-order valence-electron chi connectivity index (χ3n) is 7.07. The number of nitrogens with one attached hydrogen (secondary N) is 6. The number of halogens is 1. The summed E-state index contributed by atoms with van der Waals surface area (Å²) in [4.78, 5) is 5.23. The third kappa shape index (κ3) is 17.0. The van der Waals surface area contributed by atoms with Gasteiger partial charge in [0.15, 0.2) is 0 Å². The van der Waals surface area contributed by atoms with Crippen LogP contribution in [-0.2, 0) is 13.1 Å². The summed E-state index contributed by atoms with van der Waals surface area (Å²) < 4.78 is 0. The second-order valence-corrected chi connectivity index (χ2v) is 10.3. The molecule has 2 saturated heterocycles. The highest BCUT2D eigenvalue weighted by Crippen LogP contribution is 2.11. The van der Waals surface area contributed by atoms with E-state index in [0.29, 0.717) is 0 Å². The van der Waals surface area contributed by atoms with Gasteiger partial charge in [-0.05, 0) is 89.2 Å². The van der Waals surface area contributed by atoms with Gasteiger partial charge in [0, 0.05) is 65.4 Å². The number of benzene rings is 1. The molecule has 2 aliphatic rings.